The molecule has 0 aliphatic carbocycles. The Kier molecular flexibility index (Phi) is 4.21. The van der Waals surface area contributed by atoms with Crippen LogP contribution in [0.3, 0.4) is 0 Å². The van der Waals surface area contributed by atoms with Gasteiger partial charge in [0, 0.05) is 24.0 Å². The van der Waals surface area contributed by atoms with Crippen LogP contribution >= 0.6 is 0 Å². The molecular weight excluding hydrogens is 354 g/mol. The standard InChI is InChI=1S/C17H15N5O3S/c1-10-3-12-4-11(5-15(26(2,24)25)16(12)20-7-10)8-22-9-13(17(19)23)14(6-18)21-22/h3-5,7,9H,8H2,1-2H3,(H2,19,23). The van der Waals surface area contributed by atoms with Crippen LogP contribution in [-0.2, 0) is 16.4 Å². The number of nitriles is 1. The Bertz CT molecular complexity index is 1190. The van der Waals surface area contributed by atoms with Gasteiger partial charge in [0.15, 0.2) is 15.5 Å². The Morgan fingerprint density at radius 1 is 1.35 bits per heavy atom. The third-order valence-corrected chi connectivity index (χ3v) is 4.93. The lowest BCUT2D eigenvalue weighted by Gasteiger charge is -2.09. The van der Waals surface area contributed by atoms with Gasteiger partial charge in [0.05, 0.1) is 22.5 Å². The number of rotatable bonds is 4. The first-order valence-electron chi connectivity index (χ1n) is 7.55. The van der Waals surface area contributed by atoms with Gasteiger partial charge in [-0.25, -0.2) is 8.42 Å². The van der Waals surface area contributed by atoms with Gasteiger partial charge in [-0.05, 0) is 36.2 Å². The Morgan fingerprint density at radius 2 is 2.08 bits per heavy atom. The molecule has 0 saturated heterocycles. The molecule has 1 aromatic carbocycles. The highest BCUT2D eigenvalue weighted by Gasteiger charge is 2.17. The lowest BCUT2D eigenvalue weighted by atomic mass is 10.1. The largest absolute Gasteiger partial charge is 0.365 e. The molecule has 132 valence electrons. The van der Waals surface area contributed by atoms with Gasteiger partial charge in [0.25, 0.3) is 5.91 Å². The van der Waals surface area contributed by atoms with Crippen molar-refractivity contribution in [1.29, 1.82) is 5.26 Å². The Hall–Kier alpha value is -3.25. The highest BCUT2D eigenvalue weighted by atomic mass is 32.2. The summed E-state index contributed by atoms with van der Waals surface area (Å²) < 4.78 is 25.7. The highest BCUT2D eigenvalue weighted by Crippen LogP contribution is 2.25. The minimum absolute atomic E-state index is 0.0223. The number of primary amides is 1. The number of nitrogens with zero attached hydrogens (tertiary/aromatic N) is 4. The first-order valence-corrected chi connectivity index (χ1v) is 9.45. The maximum atomic E-state index is 12.2. The van der Waals surface area contributed by atoms with Crippen LogP contribution in [0.25, 0.3) is 10.9 Å². The van der Waals surface area contributed by atoms with Crippen molar-refractivity contribution in [2.45, 2.75) is 18.4 Å². The number of aromatic nitrogens is 3. The van der Waals surface area contributed by atoms with Gasteiger partial charge >= 0.3 is 0 Å². The van der Waals surface area contributed by atoms with Crippen molar-refractivity contribution in [2.24, 2.45) is 5.73 Å². The Labute approximate surface area is 149 Å². The third kappa shape index (κ3) is 3.27. The van der Waals surface area contributed by atoms with E-state index in [9.17, 15) is 13.2 Å². The molecule has 0 aliphatic heterocycles. The monoisotopic (exact) mass is 369 g/mol. The predicted molar refractivity (Wildman–Crippen MR) is 94.2 cm³/mol. The maximum Gasteiger partial charge on any atom is 0.253 e. The fourth-order valence-electron chi connectivity index (χ4n) is 2.71. The van der Waals surface area contributed by atoms with E-state index in [1.54, 1.807) is 6.20 Å². The lowest BCUT2D eigenvalue weighted by molar-refractivity contribution is 0.1000. The quantitative estimate of drug-likeness (QED) is 0.734. The molecule has 3 aromatic rings. The number of benzene rings is 1. The number of amides is 1. The molecule has 26 heavy (non-hydrogen) atoms. The van der Waals surface area contributed by atoms with E-state index in [1.807, 2.05) is 25.1 Å². The number of nitrogens with two attached hydrogens (primary N) is 1. The summed E-state index contributed by atoms with van der Waals surface area (Å²) in [7, 11) is -3.50. The average molecular weight is 369 g/mol. The van der Waals surface area contributed by atoms with Gasteiger partial charge in [-0.2, -0.15) is 10.4 Å². The predicted octanol–water partition coefficient (Wildman–Crippen LogP) is 1.16. The van der Waals surface area contributed by atoms with E-state index in [0.29, 0.717) is 16.5 Å². The van der Waals surface area contributed by atoms with Crippen LogP contribution in [0.15, 0.2) is 35.5 Å². The number of carbonyl (C=O) groups is 1. The van der Waals surface area contributed by atoms with E-state index >= 15 is 0 Å². The summed E-state index contributed by atoms with van der Waals surface area (Å²) in [5, 5.41) is 13.8. The maximum absolute atomic E-state index is 12.2. The van der Waals surface area contributed by atoms with Crippen LogP contribution in [0, 0.1) is 18.3 Å². The molecule has 2 N–H and O–H groups in total. The molecule has 0 radical (unpaired) electrons. The van der Waals surface area contributed by atoms with Crippen molar-refractivity contribution in [2.75, 3.05) is 6.26 Å². The summed E-state index contributed by atoms with van der Waals surface area (Å²) in [6, 6.07) is 7.00. The first-order chi connectivity index (χ1) is 12.2. The van der Waals surface area contributed by atoms with Gasteiger partial charge in [0.2, 0.25) is 0 Å². The van der Waals surface area contributed by atoms with Crippen LogP contribution < -0.4 is 5.73 Å². The molecule has 0 saturated carbocycles. The Morgan fingerprint density at radius 3 is 2.65 bits per heavy atom. The number of aryl methyl sites for hydroxylation is 1. The minimum atomic E-state index is -3.50. The average Bonchev–Trinajstić information content (AvgIpc) is 2.96. The second kappa shape index (κ2) is 6.24. The van der Waals surface area contributed by atoms with Crippen molar-refractivity contribution in [1.82, 2.24) is 14.8 Å². The van der Waals surface area contributed by atoms with E-state index in [4.69, 9.17) is 11.0 Å². The number of pyridine rings is 1. The Balaban J connectivity index is 2.14. The lowest BCUT2D eigenvalue weighted by Crippen LogP contribution is -2.11. The van der Waals surface area contributed by atoms with E-state index < -0.39 is 15.7 Å². The third-order valence-electron chi connectivity index (χ3n) is 3.82. The molecule has 2 heterocycles. The van der Waals surface area contributed by atoms with Crippen LogP contribution in [-0.4, -0.2) is 35.3 Å². The van der Waals surface area contributed by atoms with Gasteiger partial charge in [-0.15, -0.1) is 0 Å². The second-order valence-electron chi connectivity index (χ2n) is 6.02. The smallest absolute Gasteiger partial charge is 0.253 e. The van der Waals surface area contributed by atoms with Gasteiger partial charge in [-0.3, -0.25) is 14.5 Å². The van der Waals surface area contributed by atoms with Crippen molar-refractivity contribution in [3.05, 3.63) is 53.0 Å². The van der Waals surface area contributed by atoms with Crippen molar-refractivity contribution in [3.63, 3.8) is 0 Å². The molecule has 1 amide bonds. The van der Waals surface area contributed by atoms with Crippen molar-refractivity contribution >= 4 is 26.6 Å². The number of hydrogen-bond donors (Lipinski definition) is 1. The number of carbonyl (C=O) groups excluding carboxylic acids is 1. The molecule has 0 atom stereocenters. The number of sulfone groups is 1. The van der Waals surface area contributed by atoms with Crippen molar-refractivity contribution in [3.8, 4) is 6.07 Å². The van der Waals surface area contributed by atoms with E-state index in [0.717, 1.165) is 11.8 Å². The van der Waals surface area contributed by atoms with E-state index in [2.05, 4.69) is 10.1 Å². The van der Waals surface area contributed by atoms with E-state index in [1.165, 1.54) is 16.9 Å². The van der Waals surface area contributed by atoms with Crippen LogP contribution in [0.1, 0.15) is 27.2 Å². The van der Waals surface area contributed by atoms with Gasteiger partial charge in [0.1, 0.15) is 6.07 Å². The highest BCUT2D eigenvalue weighted by molar-refractivity contribution is 7.91. The summed E-state index contributed by atoms with van der Waals surface area (Å²) in [6.45, 7) is 2.04. The zero-order chi connectivity index (χ0) is 19.1. The first kappa shape index (κ1) is 17.6. The SMILES string of the molecule is Cc1cnc2c(S(C)(=O)=O)cc(Cn3cc(C(N)=O)c(C#N)n3)cc2c1. The molecule has 0 fully saturated rings. The zero-order valence-corrected chi connectivity index (χ0v) is 14.9. The number of fused-ring (bicyclic) bond motifs is 1. The molecule has 8 nitrogen and oxygen atoms in total. The molecule has 0 spiro atoms. The topological polar surface area (TPSA) is 132 Å². The van der Waals surface area contributed by atoms with Crippen LogP contribution in [0.5, 0.6) is 0 Å². The summed E-state index contributed by atoms with van der Waals surface area (Å²) in [5.74, 6) is -0.747. The van der Waals surface area contributed by atoms with Crippen LogP contribution in [0.4, 0.5) is 0 Å². The fourth-order valence-corrected chi connectivity index (χ4v) is 3.60. The van der Waals surface area contributed by atoms with E-state index in [-0.39, 0.29) is 22.7 Å². The van der Waals surface area contributed by atoms with Crippen molar-refractivity contribution < 1.29 is 13.2 Å². The van der Waals surface area contributed by atoms with Crippen LogP contribution in [0.2, 0.25) is 0 Å². The van der Waals surface area contributed by atoms with Gasteiger partial charge < -0.3 is 5.73 Å². The summed E-state index contributed by atoms with van der Waals surface area (Å²) in [6.07, 6.45) is 4.11. The molecule has 0 bridgehead atoms. The normalized spacial score (nSPS) is 11.4. The molecule has 9 heteroatoms. The zero-order valence-electron chi connectivity index (χ0n) is 14.1. The molecule has 0 unspecified atom stereocenters. The van der Waals surface area contributed by atoms with Gasteiger partial charge in [-0.1, -0.05) is 0 Å². The molecular formula is C17H15N5O3S. The number of hydrogen-bond acceptors (Lipinski definition) is 6. The molecule has 3 rings (SSSR count). The molecule has 2 aromatic heterocycles. The second-order valence-corrected chi connectivity index (χ2v) is 8.00. The summed E-state index contributed by atoms with van der Waals surface area (Å²) >= 11 is 0. The summed E-state index contributed by atoms with van der Waals surface area (Å²) in [5.41, 5.74) is 7.14. The minimum Gasteiger partial charge on any atom is -0.365 e. The summed E-state index contributed by atoms with van der Waals surface area (Å²) in [4.78, 5) is 15.7. The fraction of sp³-hybridized carbons (Fsp3) is 0.176. The molecule has 0 aliphatic rings.